The number of carbonyl (C=O) groups excluding carboxylic acids is 1. The SMILES string of the molecule is CC(C)(C)C1=Cc2cc(C(C)(C)C)c(O)c3cc(C(C)(C)C)c(O)c(c23)C1=O. The normalized spacial score (nSPS) is 15.2. The summed E-state index contributed by atoms with van der Waals surface area (Å²) in [4.78, 5) is 13.4. The maximum absolute atomic E-state index is 13.4. The van der Waals surface area contributed by atoms with Gasteiger partial charge in [-0.05, 0) is 40.0 Å². The second kappa shape index (κ2) is 5.85. The Hall–Kier alpha value is -2.29. The Labute approximate surface area is 168 Å². The van der Waals surface area contributed by atoms with Crippen LogP contribution in [0.15, 0.2) is 17.7 Å². The van der Waals surface area contributed by atoms with Crippen molar-refractivity contribution in [3.8, 4) is 11.5 Å². The number of ketones is 1. The summed E-state index contributed by atoms with van der Waals surface area (Å²) < 4.78 is 0. The van der Waals surface area contributed by atoms with Gasteiger partial charge in [0.05, 0.1) is 5.56 Å². The van der Waals surface area contributed by atoms with Gasteiger partial charge in [0.15, 0.2) is 5.78 Å². The zero-order valence-corrected chi connectivity index (χ0v) is 18.5. The average Bonchev–Trinajstić information content (AvgIpc) is 2.49. The van der Waals surface area contributed by atoms with Crippen LogP contribution in [-0.2, 0) is 10.8 Å². The number of Topliss-reactive ketones (excluding diaryl/α,β-unsaturated/α-hetero) is 1. The van der Waals surface area contributed by atoms with Gasteiger partial charge in [0.2, 0.25) is 0 Å². The number of phenols is 2. The molecule has 2 aromatic rings. The predicted molar refractivity (Wildman–Crippen MR) is 116 cm³/mol. The summed E-state index contributed by atoms with van der Waals surface area (Å²) >= 11 is 0. The molecule has 150 valence electrons. The summed E-state index contributed by atoms with van der Waals surface area (Å²) in [7, 11) is 0. The van der Waals surface area contributed by atoms with E-state index in [4.69, 9.17) is 0 Å². The minimum atomic E-state index is -0.373. The predicted octanol–water partition coefficient (Wildman–Crippen LogP) is 6.47. The Morgan fingerprint density at radius 2 is 1.21 bits per heavy atom. The number of carbonyl (C=O) groups is 1. The number of benzene rings is 2. The molecular weight excluding hydrogens is 348 g/mol. The molecule has 0 radical (unpaired) electrons. The topological polar surface area (TPSA) is 57.5 Å². The van der Waals surface area contributed by atoms with Crippen LogP contribution in [0.1, 0.15) is 89.4 Å². The van der Waals surface area contributed by atoms with E-state index in [1.54, 1.807) is 0 Å². The van der Waals surface area contributed by atoms with Gasteiger partial charge in [-0.3, -0.25) is 4.79 Å². The van der Waals surface area contributed by atoms with Crippen LogP contribution < -0.4 is 0 Å². The van der Waals surface area contributed by atoms with Crippen molar-refractivity contribution >= 4 is 22.6 Å². The lowest BCUT2D eigenvalue weighted by atomic mass is 9.72. The summed E-state index contributed by atoms with van der Waals surface area (Å²) in [6.45, 7) is 18.2. The van der Waals surface area contributed by atoms with Crippen molar-refractivity contribution in [3.63, 3.8) is 0 Å². The molecule has 0 fully saturated rings. The van der Waals surface area contributed by atoms with E-state index in [2.05, 4.69) is 20.8 Å². The van der Waals surface area contributed by atoms with Crippen molar-refractivity contribution in [1.82, 2.24) is 0 Å². The first-order chi connectivity index (χ1) is 12.5. The Kier molecular flexibility index (Phi) is 4.27. The molecule has 0 saturated heterocycles. The number of hydrogen-bond acceptors (Lipinski definition) is 3. The highest BCUT2D eigenvalue weighted by molar-refractivity contribution is 6.25. The highest BCUT2D eigenvalue weighted by Crippen LogP contribution is 2.49. The van der Waals surface area contributed by atoms with Crippen LogP contribution >= 0.6 is 0 Å². The van der Waals surface area contributed by atoms with Gasteiger partial charge in [0, 0.05) is 27.5 Å². The fraction of sp³-hybridized carbons (Fsp3) is 0.480. The number of rotatable bonds is 0. The first kappa shape index (κ1) is 20.4. The van der Waals surface area contributed by atoms with Gasteiger partial charge in [-0.2, -0.15) is 0 Å². The van der Waals surface area contributed by atoms with Crippen LogP contribution in [0.25, 0.3) is 16.8 Å². The summed E-state index contributed by atoms with van der Waals surface area (Å²) in [5, 5.41) is 23.5. The highest BCUT2D eigenvalue weighted by atomic mass is 16.3. The lowest BCUT2D eigenvalue weighted by Crippen LogP contribution is -2.23. The van der Waals surface area contributed by atoms with E-state index in [-0.39, 0.29) is 33.5 Å². The zero-order valence-electron chi connectivity index (χ0n) is 18.5. The second-order valence-corrected chi connectivity index (χ2v) is 11.1. The van der Waals surface area contributed by atoms with Crippen molar-refractivity contribution in [2.75, 3.05) is 0 Å². The van der Waals surface area contributed by atoms with E-state index in [0.717, 1.165) is 11.1 Å². The van der Waals surface area contributed by atoms with Gasteiger partial charge < -0.3 is 10.2 Å². The second-order valence-electron chi connectivity index (χ2n) is 11.1. The lowest BCUT2D eigenvalue weighted by Gasteiger charge is -2.31. The standard InChI is InChI=1S/C25H32O3/c1-23(2,3)15-10-13-11-16(24(4,5)6)21(27)19-18(13)14(20(15)26)12-17(22(19)28)25(7,8)9/h10-12,26,28H,1-9H3. The van der Waals surface area contributed by atoms with Gasteiger partial charge in [-0.15, -0.1) is 0 Å². The van der Waals surface area contributed by atoms with Crippen LogP contribution in [0.5, 0.6) is 11.5 Å². The molecule has 0 spiro atoms. The van der Waals surface area contributed by atoms with Crippen molar-refractivity contribution in [2.45, 2.75) is 73.1 Å². The molecule has 3 rings (SSSR count). The van der Waals surface area contributed by atoms with E-state index in [0.29, 0.717) is 27.5 Å². The van der Waals surface area contributed by atoms with Gasteiger partial charge >= 0.3 is 0 Å². The molecule has 1 aliphatic carbocycles. The minimum absolute atomic E-state index is 0.0315. The number of allylic oxidation sites excluding steroid dienone is 1. The smallest absolute Gasteiger partial charge is 0.193 e. The van der Waals surface area contributed by atoms with Crippen LogP contribution in [0, 0.1) is 5.41 Å². The quantitative estimate of drug-likeness (QED) is 0.550. The van der Waals surface area contributed by atoms with Gasteiger partial charge in [-0.1, -0.05) is 62.3 Å². The fourth-order valence-electron chi connectivity index (χ4n) is 3.99. The fourth-order valence-corrected chi connectivity index (χ4v) is 3.99. The molecule has 0 saturated carbocycles. The van der Waals surface area contributed by atoms with Crippen molar-refractivity contribution in [2.24, 2.45) is 5.41 Å². The first-order valence-corrected chi connectivity index (χ1v) is 9.88. The molecule has 28 heavy (non-hydrogen) atoms. The third-order valence-corrected chi connectivity index (χ3v) is 5.59. The molecular formula is C25H32O3. The summed E-state index contributed by atoms with van der Waals surface area (Å²) in [6, 6.07) is 3.82. The average molecular weight is 381 g/mol. The van der Waals surface area contributed by atoms with Crippen LogP contribution in [0.2, 0.25) is 0 Å². The molecule has 3 heteroatoms. The first-order valence-electron chi connectivity index (χ1n) is 9.88. The molecule has 0 bridgehead atoms. The van der Waals surface area contributed by atoms with Crippen molar-refractivity contribution < 1.29 is 15.0 Å². The molecule has 0 aliphatic heterocycles. The number of hydrogen-bond donors (Lipinski definition) is 2. The maximum Gasteiger partial charge on any atom is 0.193 e. The monoisotopic (exact) mass is 380 g/mol. The molecule has 1 aliphatic rings. The summed E-state index contributed by atoms with van der Waals surface area (Å²) in [5.74, 6) is 0.0685. The Morgan fingerprint density at radius 3 is 1.68 bits per heavy atom. The molecule has 0 unspecified atom stereocenters. The van der Waals surface area contributed by atoms with Crippen LogP contribution in [0.3, 0.4) is 0 Å². The molecule has 0 amide bonds. The van der Waals surface area contributed by atoms with E-state index in [1.807, 2.05) is 59.8 Å². The van der Waals surface area contributed by atoms with Gasteiger partial charge in [0.1, 0.15) is 11.5 Å². The molecule has 3 nitrogen and oxygen atoms in total. The molecule has 0 heterocycles. The van der Waals surface area contributed by atoms with Crippen molar-refractivity contribution in [1.29, 1.82) is 0 Å². The Balaban J connectivity index is 2.59. The lowest BCUT2D eigenvalue weighted by molar-refractivity contribution is 0.101. The van der Waals surface area contributed by atoms with E-state index < -0.39 is 0 Å². The summed E-state index contributed by atoms with van der Waals surface area (Å²) in [5.41, 5.74) is 2.40. The molecule has 0 aromatic heterocycles. The molecule has 2 aromatic carbocycles. The summed E-state index contributed by atoms with van der Waals surface area (Å²) in [6.07, 6.45) is 1.93. The van der Waals surface area contributed by atoms with E-state index in [1.165, 1.54) is 0 Å². The number of phenolic OH excluding ortho intramolecular Hbond substituents is 2. The zero-order chi connectivity index (χ0) is 21.4. The molecule has 0 atom stereocenters. The molecule has 2 N–H and O–H groups in total. The van der Waals surface area contributed by atoms with E-state index in [9.17, 15) is 15.0 Å². The van der Waals surface area contributed by atoms with Crippen molar-refractivity contribution in [3.05, 3.63) is 40.0 Å². The maximum atomic E-state index is 13.4. The highest BCUT2D eigenvalue weighted by Gasteiger charge is 2.36. The van der Waals surface area contributed by atoms with Gasteiger partial charge in [-0.25, -0.2) is 0 Å². The largest absolute Gasteiger partial charge is 0.507 e. The number of aromatic hydroxyl groups is 2. The Bertz CT molecular complexity index is 1030. The third-order valence-electron chi connectivity index (χ3n) is 5.59. The third kappa shape index (κ3) is 3.01. The van der Waals surface area contributed by atoms with Crippen LogP contribution in [0.4, 0.5) is 0 Å². The Morgan fingerprint density at radius 1 is 0.714 bits per heavy atom. The van der Waals surface area contributed by atoms with Crippen LogP contribution in [-0.4, -0.2) is 16.0 Å². The van der Waals surface area contributed by atoms with Gasteiger partial charge in [0.25, 0.3) is 0 Å². The minimum Gasteiger partial charge on any atom is -0.507 e. The van der Waals surface area contributed by atoms with E-state index >= 15 is 0 Å².